The minimum Gasteiger partial charge on any atom is -0.431 e. The molecule has 1 unspecified atom stereocenters. The molecule has 22 heavy (non-hydrogen) atoms. The quantitative estimate of drug-likeness (QED) is 0.609. The zero-order chi connectivity index (χ0) is 15.9. The van der Waals surface area contributed by atoms with Crippen LogP contribution in [0.2, 0.25) is 0 Å². The Labute approximate surface area is 135 Å². The summed E-state index contributed by atoms with van der Waals surface area (Å²) in [6.07, 6.45) is 3.45. The first-order chi connectivity index (χ1) is 10.4. The van der Waals surface area contributed by atoms with Crippen molar-refractivity contribution in [1.29, 1.82) is 0 Å². The van der Waals surface area contributed by atoms with Crippen molar-refractivity contribution in [1.82, 2.24) is 0 Å². The number of Topliss-reactive ketones (excluding diaryl/α,β-unsaturated/α-hetero) is 1. The predicted octanol–water partition coefficient (Wildman–Crippen LogP) is 4.08. The molecule has 1 aliphatic heterocycles. The number of hydrogen-bond donors (Lipinski definition) is 0. The Morgan fingerprint density at radius 3 is 2.45 bits per heavy atom. The topological polar surface area (TPSA) is 43.4 Å². The average molecular weight is 316 g/mol. The van der Waals surface area contributed by atoms with Crippen LogP contribution in [0.25, 0.3) is 0 Å². The third kappa shape index (κ3) is 2.84. The highest BCUT2D eigenvalue weighted by molar-refractivity contribution is 7.98. The first kappa shape index (κ1) is 15.3. The highest BCUT2D eigenvalue weighted by Gasteiger charge is 2.41. The maximum absolute atomic E-state index is 12.6. The van der Waals surface area contributed by atoms with E-state index in [1.165, 1.54) is 4.90 Å². The summed E-state index contributed by atoms with van der Waals surface area (Å²) in [4.78, 5) is 25.7. The molecule has 0 fully saturated rings. The average Bonchev–Trinajstić information content (AvgIpc) is 2.44. The van der Waals surface area contributed by atoms with Crippen LogP contribution in [0.5, 0.6) is 0 Å². The van der Waals surface area contributed by atoms with E-state index in [0.29, 0.717) is 18.6 Å². The van der Waals surface area contributed by atoms with Crippen LogP contribution in [0.15, 0.2) is 40.5 Å². The Kier molecular flexibility index (Phi) is 3.89. The van der Waals surface area contributed by atoms with Crippen LogP contribution in [0.1, 0.15) is 44.6 Å². The van der Waals surface area contributed by atoms with Crippen LogP contribution in [-0.2, 0) is 14.3 Å². The molecule has 0 bridgehead atoms. The highest BCUT2D eigenvalue weighted by atomic mass is 32.2. The maximum atomic E-state index is 12.6. The van der Waals surface area contributed by atoms with Gasteiger partial charge in [0, 0.05) is 29.2 Å². The summed E-state index contributed by atoms with van der Waals surface area (Å²) < 4.78 is 5.41. The van der Waals surface area contributed by atoms with Crippen molar-refractivity contribution in [2.45, 2.75) is 43.9 Å². The Morgan fingerprint density at radius 1 is 1.14 bits per heavy atom. The maximum Gasteiger partial charge on any atom is 0.311 e. The van der Waals surface area contributed by atoms with Crippen molar-refractivity contribution >= 4 is 23.5 Å². The largest absolute Gasteiger partial charge is 0.431 e. The molecular formula is C18H20O3S. The molecule has 0 radical (unpaired) electrons. The SMILES string of the molecule is CSc1ccc(C2CC(=O)OC3=C2C(=O)CC(C)(C)C3)cc1. The molecule has 116 valence electrons. The number of esters is 1. The molecule has 1 atom stereocenters. The monoisotopic (exact) mass is 316 g/mol. The number of thioether (sulfide) groups is 1. The number of carbonyl (C=O) groups is 2. The van der Waals surface area contributed by atoms with E-state index in [4.69, 9.17) is 4.74 Å². The van der Waals surface area contributed by atoms with Crippen molar-refractivity contribution in [3.05, 3.63) is 41.2 Å². The summed E-state index contributed by atoms with van der Waals surface area (Å²) in [5, 5.41) is 0. The van der Waals surface area contributed by atoms with E-state index in [9.17, 15) is 9.59 Å². The Balaban J connectivity index is 2.02. The second-order valence-electron chi connectivity index (χ2n) is 6.78. The van der Waals surface area contributed by atoms with Gasteiger partial charge in [0.05, 0.1) is 6.42 Å². The van der Waals surface area contributed by atoms with Crippen LogP contribution in [0.3, 0.4) is 0 Å². The third-order valence-electron chi connectivity index (χ3n) is 4.35. The van der Waals surface area contributed by atoms with E-state index >= 15 is 0 Å². The molecule has 3 nitrogen and oxygen atoms in total. The third-order valence-corrected chi connectivity index (χ3v) is 5.10. The molecule has 2 aliphatic rings. The summed E-state index contributed by atoms with van der Waals surface area (Å²) >= 11 is 1.68. The number of carbonyl (C=O) groups excluding carboxylic acids is 2. The van der Waals surface area contributed by atoms with Crippen LogP contribution in [0.4, 0.5) is 0 Å². The summed E-state index contributed by atoms with van der Waals surface area (Å²) in [5.41, 5.74) is 1.60. The fourth-order valence-electron chi connectivity index (χ4n) is 3.33. The van der Waals surface area contributed by atoms with Crippen LogP contribution >= 0.6 is 11.8 Å². The summed E-state index contributed by atoms with van der Waals surface area (Å²) in [6, 6.07) is 8.12. The minimum absolute atomic E-state index is 0.123. The predicted molar refractivity (Wildman–Crippen MR) is 86.7 cm³/mol. The molecule has 1 heterocycles. The number of ether oxygens (including phenoxy) is 1. The second-order valence-corrected chi connectivity index (χ2v) is 7.66. The summed E-state index contributed by atoms with van der Waals surface area (Å²) in [5.74, 6) is 0.327. The molecule has 4 heteroatoms. The van der Waals surface area contributed by atoms with E-state index < -0.39 is 0 Å². The fraction of sp³-hybridized carbons (Fsp3) is 0.444. The van der Waals surface area contributed by atoms with Crippen molar-refractivity contribution < 1.29 is 14.3 Å². The zero-order valence-electron chi connectivity index (χ0n) is 13.1. The Bertz CT molecular complexity index is 655. The number of benzene rings is 1. The molecule has 0 spiro atoms. The van der Waals surface area contributed by atoms with E-state index in [-0.39, 0.29) is 29.5 Å². The van der Waals surface area contributed by atoms with Gasteiger partial charge in [0.25, 0.3) is 0 Å². The van der Waals surface area contributed by atoms with Gasteiger partial charge >= 0.3 is 5.97 Å². The van der Waals surface area contributed by atoms with E-state index in [2.05, 4.69) is 0 Å². The minimum atomic E-state index is -0.233. The molecule has 0 amide bonds. The zero-order valence-corrected chi connectivity index (χ0v) is 14.0. The molecule has 1 aromatic rings. The van der Waals surface area contributed by atoms with Gasteiger partial charge < -0.3 is 4.74 Å². The Hall–Kier alpha value is -1.55. The normalized spacial score (nSPS) is 24.0. The number of rotatable bonds is 2. The first-order valence-corrected chi connectivity index (χ1v) is 8.73. The lowest BCUT2D eigenvalue weighted by Crippen LogP contribution is -2.33. The van der Waals surface area contributed by atoms with Gasteiger partial charge in [0.2, 0.25) is 0 Å². The lowest BCUT2D eigenvalue weighted by atomic mass is 9.71. The Morgan fingerprint density at radius 2 is 1.82 bits per heavy atom. The molecule has 3 rings (SSSR count). The van der Waals surface area contributed by atoms with Crippen molar-refractivity contribution in [2.75, 3.05) is 6.26 Å². The number of hydrogen-bond acceptors (Lipinski definition) is 4. The van der Waals surface area contributed by atoms with Gasteiger partial charge in [-0.2, -0.15) is 0 Å². The van der Waals surface area contributed by atoms with Gasteiger partial charge in [-0.15, -0.1) is 11.8 Å². The summed E-state index contributed by atoms with van der Waals surface area (Å²) in [7, 11) is 0. The highest BCUT2D eigenvalue weighted by Crippen LogP contribution is 2.45. The van der Waals surface area contributed by atoms with E-state index in [1.54, 1.807) is 11.8 Å². The van der Waals surface area contributed by atoms with E-state index in [0.717, 1.165) is 11.1 Å². The molecular weight excluding hydrogens is 296 g/mol. The van der Waals surface area contributed by atoms with Gasteiger partial charge in [-0.25, -0.2) is 0 Å². The van der Waals surface area contributed by atoms with Crippen LogP contribution < -0.4 is 0 Å². The van der Waals surface area contributed by atoms with Gasteiger partial charge in [0.15, 0.2) is 5.78 Å². The lowest BCUT2D eigenvalue weighted by molar-refractivity contribution is -0.142. The molecule has 0 aromatic heterocycles. The van der Waals surface area contributed by atoms with Crippen molar-refractivity contribution in [2.24, 2.45) is 5.41 Å². The van der Waals surface area contributed by atoms with Crippen LogP contribution in [-0.4, -0.2) is 18.0 Å². The lowest BCUT2D eigenvalue weighted by Gasteiger charge is -2.36. The molecule has 0 saturated heterocycles. The standard InChI is InChI=1S/C18H20O3S/c1-18(2)9-14(19)17-13(8-16(20)21-15(17)10-18)11-4-6-12(22-3)7-5-11/h4-7,13H,8-10H2,1-3H3. The molecule has 1 aliphatic carbocycles. The smallest absolute Gasteiger partial charge is 0.311 e. The molecule has 1 aromatic carbocycles. The number of ketones is 1. The molecule has 0 N–H and O–H groups in total. The van der Waals surface area contributed by atoms with Crippen LogP contribution in [0, 0.1) is 5.41 Å². The van der Waals surface area contributed by atoms with E-state index in [1.807, 2.05) is 44.4 Å². The van der Waals surface area contributed by atoms with Gasteiger partial charge in [-0.05, 0) is 29.4 Å². The van der Waals surface area contributed by atoms with Gasteiger partial charge in [-0.3, -0.25) is 9.59 Å². The van der Waals surface area contributed by atoms with Crippen molar-refractivity contribution in [3.63, 3.8) is 0 Å². The summed E-state index contributed by atoms with van der Waals surface area (Å²) in [6.45, 7) is 4.08. The van der Waals surface area contributed by atoms with Gasteiger partial charge in [0.1, 0.15) is 5.76 Å². The first-order valence-electron chi connectivity index (χ1n) is 7.50. The van der Waals surface area contributed by atoms with Gasteiger partial charge in [-0.1, -0.05) is 26.0 Å². The fourth-order valence-corrected chi connectivity index (χ4v) is 3.73. The number of allylic oxidation sites excluding steroid dienone is 2. The second kappa shape index (κ2) is 5.58. The molecule has 0 saturated carbocycles. The van der Waals surface area contributed by atoms with Crippen molar-refractivity contribution in [3.8, 4) is 0 Å².